The zero-order valence-corrected chi connectivity index (χ0v) is 7.22. The molecule has 0 aromatic heterocycles. The largest absolute Gasteiger partial charge is 0.0654 e. The molecule has 0 aromatic rings. The van der Waals surface area contributed by atoms with E-state index in [9.17, 15) is 0 Å². The van der Waals surface area contributed by atoms with Crippen molar-refractivity contribution >= 4 is 0 Å². The number of unbranched alkanes of at least 4 members (excludes halogenated alkanes) is 4. The molecule has 1 heteroatoms. The first kappa shape index (κ1) is 11.3. The van der Waals surface area contributed by atoms with Crippen LogP contribution in [0.15, 0.2) is 0 Å². The summed E-state index contributed by atoms with van der Waals surface area (Å²) < 4.78 is 0. The monoisotopic (exact) mass is 152 g/mol. The SMILES string of the molecule is CCCCCCC.[Cr]. The predicted octanol–water partition coefficient (Wildman–Crippen LogP) is 2.97. The molecule has 0 nitrogen and oxygen atoms in total. The van der Waals surface area contributed by atoms with Gasteiger partial charge in [-0.3, -0.25) is 0 Å². The van der Waals surface area contributed by atoms with Crippen molar-refractivity contribution in [2.45, 2.75) is 46.0 Å². The summed E-state index contributed by atoms with van der Waals surface area (Å²) in [6.07, 6.45) is 7.01. The second kappa shape index (κ2) is 10.5. The Labute approximate surface area is 63.8 Å². The predicted molar refractivity (Wildman–Crippen MR) is 34.4 cm³/mol. The molecule has 0 amide bonds. The fourth-order valence-corrected chi connectivity index (χ4v) is 0.677. The van der Waals surface area contributed by atoms with Crippen LogP contribution in [0.1, 0.15) is 46.0 Å². The van der Waals surface area contributed by atoms with Gasteiger partial charge in [-0.25, -0.2) is 0 Å². The van der Waals surface area contributed by atoms with E-state index in [4.69, 9.17) is 0 Å². The van der Waals surface area contributed by atoms with Gasteiger partial charge in [0.25, 0.3) is 0 Å². The molecule has 0 bridgehead atoms. The van der Waals surface area contributed by atoms with Gasteiger partial charge in [0, 0.05) is 17.4 Å². The second-order valence-electron chi connectivity index (χ2n) is 2.06. The quantitative estimate of drug-likeness (QED) is 0.543. The van der Waals surface area contributed by atoms with Crippen LogP contribution in [0.5, 0.6) is 0 Å². The van der Waals surface area contributed by atoms with Crippen molar-refractivity contribution in [1.82, 2.24) is 0 Å². The molecule has 50 valence electrons. The third-order valence-electron chi connectivity index (χ3n) is 1.21. The van der Waals surface area contributed by atoms with E-state index < -0.39 is 0 Å². The molecule has 0 fully saturated rings. The van der Waals surface area contributed by atoms with Crippen LogP contribution in [-0.2, 0) is 17.4 Å². The standard InChI is InChI=1S/C7H16.Cr/c1-3-5-7-6-4-2;/h3-7H2,1-2H3;. The van der Waals surface area contributed by atoms with Crippen LogP contribution < -0.4 is 0 Å². The number of hydrogen-bond acceptors (Lipinski definition) is 0. The van der Waals surface area contributed by atoms with E-state index in [1.807, 2.05) is 0 Å². The van der Waals surface area contributed by atoms with Crippen LogP contribution in [0.3, 0.4) is 0 Å². The normalized spacial score (nSPS) is 8.25. The molecule has 0 aliphatic carbocycles. The first-order chi connectivity index (χ1) is 3.41. The molecule has 0 atom stereocenters. The molecule has 0 unspecified atom stereocenters. The molecule has 0 spiro atoms. The first-order valence-electron chi connectivity index (χ1n) is 3.41. The summed E-state index contributed by atoms with van der Waals surface area (Å²) in [5, 5.41) is 0. The van der Waals surface area contributed by atoms with Crippen LogP contribution in [-0.4, -0.2) is 0 Å². The van der Waals surface area contributed by atoms with Crippen molar-refractivity contribution in [2.24, 2.45) is 0 Å². The van der Waals surface area contributed by atoms with E-state index in [0.29, 0.717) is 0 Å². The van der Waals surface area contributed by atoms with Gasteiger partial charge >= 0.3 is 0 Å². The second-order valence-corrected chi connectivity index (χ2v) is 2.06. The van der Waals surface area contributed by atoms with Gasteiger partial charge in [-0.15, -0.1) is 0 Å². The van der Waals surface area contributed by atoms with Gasteiger partial charge < -0.3 is 0 Å². The van der Waals surface area contributed by atoms with Gasteiger partial charge in [-0.1, -0.05) is 46.0 Å². The van der Waals surface area contributed by atoms with Gasteiger partial charge in [0.15, 0.2) is 0 Å². The van der Waals surface area contributed by atoms with Crippen LogP contribution in [0.2, 0.25) is 0 Å². The molecule has 0 rings (SSSR count). The van der Waals surface area contributed by atoms with Crippen molar-refractivity contribution in [3.05, 3.63) is 0 Å². The van der Waals surface area contributed by atoms with E-state index in [0.717, 1.165) is 0 Å². The fraction of sp³-hybridized carbons (Fsp3) is 1.00. The summed E-state index contributed by atoms with van der Waals surface area (Å²) >= 11 is 0. The summed E-state index contributed by atoms with van der Waals surface area (Å²) in [7, 11) is 0. The van der Waals surface area contributed by atoms with E-state index in [1.165, 1.54) is 32.1 Å². The molecule has 0 saturated carbocycles. The van der Waals surface area contributed by atoms with Crippen molar-refractivity contribution < 1.29 is 17.4 Å². The van der Waals surface area contributed by atoms with Crippen LogP contribution in [0.25, 0.3) is 0 Å². The summed E-state index contributed by atoms with van der Waals surface area (Å²) in [6.45, 7) is 4.49. The Kier molecular flexibility index (Phi) is 14.9. The third-order valence-corrected chi connectivity index (χ3v) is 1.21. The maximum atomic E-state index is 2.25. The van der Waals surface area contributed by atoms with Crippen LogP contribution >= 0.6 is 0 Å². The van der Waals surface area contributed by atoms with E-state index in [1.54, 1.807) is 0 Å². The molecule has 8 heavy (non-hydrogen) atoms. The van der Waals surface area contributed by atoms with Crippen molar-refractivity contribution in [2.75, 3.05) is 0 Å². The zero-order valence-electron chi connectivity index (χ0n) is 5.94. The van der Waals surface area contributed by atoms with E-state index in [-0.39, 0.29) is 17.4 Å². The Bertz CT molecular complexity index is 23.6. The van der Waals surface area contributed by atoms with Gasteiger partial charge in [0.05, 0.1) is 0 Å². The topological polar surface area (TPSA) is 0 Å². The average molecular weight is 152 g/mol. The first-order valence-corrected chi connectivity index (χ1v) is 3.41. The maximum Gasteiger partial charge on any atom is 0 e. The minimum atomic E-state index is 0. The molecule has 0 aliphatic rings. The van der Waals surface area contributed by atoms with Gasteiger partial charge in [-0.05, 0) is 0 Å². The summed E-state index contributed by atoms with van der Waals surface area (Å²) in [6, 6.07) is 0. The molecular weight excluding hydrogens is 136 g/mol. The van der Waals surface area contributed by atoms with Gasteiger partial charge in [0.1, 0.15) is 0 Å². The van der Waals surface area contributed by atoms with Gasteiger partial charge in [-0.2, -0.15) is 0 Å². The van der Waals surface area contributed by atoms with Gasteiger partial charge in [0.2, 0.25) is 0 Å². The minimum absolute atomic E-state index is 0. The number of hydrogen-bond donors (Lipinski definition) is 0. The Morgan fingerprint density at radius 2 is 1.12 bits per heavy atom. The van der Waals surface area contributed by atoms with E-state index in [2.05, 4.69) is 13.8 Å². The zero-order chi connectivity index (χ0) is 5.54. The minimum Gasteiger partial charge on any atom is -0.0654 e. The number of rotatable bonds is 4. The van der Waals surface area contributed by atoms with Crippen molar-refractivity contribution in [3.63, 3.8) is 0 Å². The summed E-state index contributed by atoms with van der Waals surface area (Å²) in [4.78, 5) is 0. The Hall–Kier alpha value is 0.532. The third kappa shape index (κ3) is 9.73. The maximum absolute atomic E-state index is 2.25. The average Bonchev–Trinajstić information content (AvgIpc) is 1.69. The molecule has 0 heterocycles. The van der Waals surface area contributed by atoms with E-state index >= 15 is 0 Å². The van der Waals surface area contributed by atoms with Crippen LogP contribution in [0, 0.1) is 0 Å². The Morgan fingerprint density at radius 1 is 0.750 bits per heavy atom. The summed E-state index contributed by atoms with van der Waals surface area (Å²) in [5.41, 5.74) is 0. The fourth-order valence-electron chi connectivity index (χ4n) is 0.677. The Balaban J connectivity index is 0. The molecule has 0 N–H and O–H groups in total. The molecule has 0 aromatic carbocycles. The molecule has 0 saturated heterocycles. The van der Waals surface area contributed by atoms with Crippen molar-refractivity contribution in [1.29, 1.82) is 0 Å². The smallest absolute Gasteiger partial charge is 0 e. The van der Waals surface area contributed by atoms with Crippen molar-refractivity contribution in [3.8, 4) is 0 Å². The molecule has 0 aliphatic heterocycles. The molecular formula is C7H16Cr. The summed E-state index contributed by atoms with van der Waals surface area (Å²) in [5.74, 6) is 0. The Morgan fingerprint density at radius 3 is 1.38 bits per heavy atom. The van der Waals surface area contributed by atoms with Crippen LogP contribution in [0.4, 0.5) is 0 Å². The molecule has 0 radical (unpaired) electrons.